The van der Waals surface area contributed by atoms with Crippen molar-refractivity contribution in [2.75, 3.05) is 7.05 Å². The summed E-state index contributed by atoms with van der Waals surface area (Å²) < 4.78 is 6.15. The molecule has 4 rings (SSSR count). The highest BCUT2D eigenvalue weighted by molar-refractivity contribution is 5.78. The summed E-state index contributed by atoms with van der Waals surface area (Å²) >= 11 is 0. The first-order chi connectivity index (χ1) is 14.2. The van der Waals surface area contributed by atoms with Crippen LogP contribution in [-0.2, 0) is 11.2 Å². The Morgan fingerprint density at radius 2 is 1.59 bits per heavy atom. The lowest BCUT2D eigenvalue weighted by atomic mass is 9.94. The van der Waals surface area contributed by atoms with E-state index in [2.05, 4.69) is 0 Å². The van der Waals surface area contributed by atoms with E-state index in [1.165, 1.54) is 19.3 Å². The molecule has 1 aromatic heterocycles. The third-order valence-corrected chi connectivity index (χ3v) is 5.82. The van der Waals surface area contributed by atoms with Crippen LogP contribution in [0.15, 0.2) is 65.1 Å². The van der Waals surface area contributed by atoms with Gasteiger partial charge in [-0.25, -0.2) is 4.98 Å². The van der Waals surface area contributed by atoms with Gasteiger partial charge in [0, 0.05) is 37.1 Å². The summed E-state index contributed by atoms with van der Waals surface area (Å²) in [7, 11) is 1.94. The molecule has 0 aliphatic heterocycles. The minimum absolute atomic E-state index is 0.178. The van der Waals surface area contributed by atoms with Gasteiger partial charge in [-0.05, 0) is 12.8 Å². The summed E-state index contributed by atoms with van der Waals surface area (Å²) in [6, 6.07) is 20.5. The first kappa shape index (κ1) is 19.4. The molecule has 1 saturated carbocycles. The summed E-state index contributed by atoms with van der Waals surface area (Å²) in [5.41, 5.74) is 2.85. The number of hydrogen-bond donors (Lipinski definition) is 0. The van der Waals surface area contributed by atoms with Gasteiger partial charge in [0.2, 0.25) is 5.91 Å². The standard InChI is InChI=1S/C25H28N2O2/c1-27(21-15-9-4-10-16-21)23(28)18-17-22-26-24(19-11-5-2-6-12-19)25(29-22)20-13-7-3-8-14-20/h2-3,5-8,11-14,21H,4,9-10,15-18H2,1H3. The second-order valence-corrected chi connectivity index (χ2v) is 7.81. The van der Waals surface area contributed by atoms with Crippen molar-refractivity contribution in [3.63, 3.8) is 0 Å². The molecule has 4 heteroatoms. The fourth-order valence-corrected chi connectivity index (χ4v) is 4.11. The Labute approximate surface area is 172 Å². The van der Waals surface area contributed by atoms with Gasteiger partial charge in [-0.2, -0.15) is 0 Å². The van der Waals surface area contributed by atoms with Gasteiger partial charge in [0.05, 0.1) is 0 Å². The van der Waals surface area contributed by atoms with Crippen molar-refractivity contribution in [1.29, 1.82) is 0 Å². The second-order valence-electron chi connectivity index (χ2n) is 7.81. The van der Waals surface area contributed by atoms with Gasteiger partial charge in [0.1, 0.15) is 5.69 Å². The minimum atomic E-state index is 0.178. The molecule has 0 atom stereocenters. The lowest BCUT2D eigenvalue weighted by Gasteiger charge is -2.31. The highest BCUT2D eigenvalue weighted by Crippen LogP contribution is 2.33. The van der Waals surface area contributed by atoms with Crippen LogP contribution in [0, 0.1) is 0 Å². The molecule has 1 aliphatic rings. The smallest absolute Gasteiger partial charge is 0.223 e. The number of aryl methyl sites for hydroxylation is 1. The van der Waals surface area contributed by atoms with Gasteiger partial charge in [0.25, 0.3) is 0 Å². The van der Waals surface area contributed by atoms with Crippen molar-refractivity contribution in [3.05, 3.63) is 66.6 Å². The molecule has 1 aliphatic carbocycles. The highest BCUT2D eigenvalue weighted by Gasteiger charge is 2.23. The number of amides is 1. The van der Waals surface area contributed by atoms with Crippen LogP contribution in [0.2, 0.25) is 0 Å². The maximum Gasteiger partial charge on any atom is 0.223 e. The van der Waals surface area contributed by atoms with Crippen molar-refractivity contribution in [2.24, 2.45) is 0 Å². The number of rotatable bonds is 6. The Morgan fingerprint density at radius 1 is 0.966 bits per heavy atom. The monoisotopic (exact) mass is 388 g/mol. The number of aromatic nitrogens is 1. The largest absolute Gasteiger partial charge is 0.440 e. The van der Waals surface area contributed by atoms with Crippen LogP contribution in [0.25, 0.3) is 22.6 Å². The fourth-order valence-electron chi connectivity index (χ4n) is 4.11. The number of benzene rings is 2. The van der Waals surface area contributed by atoms with E-state index in [0.29, 0.717) is 24.8 Å². The molecule has 0 N–H and O–H groups in total. The lowest BCUT2D eigenvalue weighted by Crippen LogP contribution is -2.38. The first-order valence-corrected chi connectivity index (χ1v) is 10.6. The Morgan fingerprint density at radius 3 is 2.24 bits per heavy atom. The average Bonchev–Trinajstić information content (AvgIpc) is 3.23. The Hall–Kier alpha value is -2.88. The summed E-state index contributed by atoms with van der Waals surface area (Å²) in [5.74, 6) is 1.56. The van der Waals surface area contributed by atoms with Gasteiger partial charge < -0.3 is 9.32 Å². The summed E-state index contributed by atoms with van der Waals surface area (Å²) in [6.07, 6.45) is 6.93. The van der Waals surface area contributed by atoms with Crippen LogP contribution in [0.1, 0.15) is 44.4 Å². The molecule has 1 amide bonds. The van der Waals surface area contributed by atoms with Crippen LogP contribution < -0.4 is 0 Å². The van der Waals surface area contributed by atoms with E-state index < -0.39 is 0 Å². The molecule has 0 radical (unpaired) electrons. The topological polar surface area (TPSA) is 46.3 Å². The second kappa shape index (κ2) is 9.08. The third-order valence-electron chi connectivity index (χ3n) is 5.82. The number of carbonyl (C=O) groups excluding carboxylic acids is 1. The van der Waals surface area contributed by atoms with Crippen molar-refractivity contribution in [1.82, 2.24) is 9.88 Å². The van der Waals surface area contributed by atoms with Gasteiger partial charge in [-0.3, -0.25) is 4.79 Å². The maximum atomic E-state index is 12.7. The predicted octanol–water partition coefficient (Wildman–Crippen LogP) is 5.73. The van der Waals surface area contributed by atoms with Crippen molar-refractivity contribution in [3.8, 4) is 22.6 Å². The zero-order chi connectivity index (χ0) is 20.1. The van der Waals surface area contributed by atoms with E-state index in [0.717, 1.165) is 35.4 Å². The number of oxazole rings is 1. The minimum Gasteiger partial charge on any atom is -0.440 e. The van der Waals surface area contributed by atoms with E-state index in [4.69, 9.17) is 9.40 Å². The van der Waals surface area contributed by atoms with Crippen LogP contribution in [0.4, 0.5) is 0 Å². The van der Waals surface area contributed by atoms with Gasteiger partial charge in [0.15, 0.2) is 11.7 Å². The molecule has 3 aromatic rings. The molecule has 0 saturated heterocycles. The van der Waals surface area contributed by atoms with E-state index >= 15 is 0 Å². The average molecular weight is 389 g/mol. The highest BCUT2D eigenvalue weighted by atomic mass is 16.4. The molecule has 0 unspecified atom stereocenters. The van der Waals surface area contributed by atoms with E-state index in [1.807, 2.05) is 72.6 Å². The Bertz CT molecular complexity index is 871. The lowest BCUT2D eigenvalue weighted by molar-refractivity contribution is -0.132. The summed E-state index contributed by atoms with van der Waals surface area (Å²) in [4.78, 5) is 19.4. The molecular formula is C25H28N2O2. The maximum absolute atomic E-state index is 12.7. The fraction of sp³-hybridized carbons (Fsp3) is 0.360. The molecule has 1 heterocycles. The molecule has 150 valence electrons. The number of nitrogens with zero attached hydrogens (tertiary/aromatic N) is 2. The molecule has 2 aromatic carbocycles. The van der Waals surface area contributed by atoms with Crippen LogP contribution in [0.3, 0.4) is 0 Å². The molecule has 4 nitrogen and oxygen atoms in total. The number of hydrogen-bond acceptors (Lipinski definition) is 3. The van der Waals surface area contributed by atoms with Gasteiger partial charge >= 0.3 is 0 Å². The summed E-state index contributed by atoms with van der Waals surface area (Å²) in [5, 5.41) is 0. The first-order valence-electron chi connectivity index (χ1n) is 10.6. The van der Waals surface area contributed by atoms with Crippen LogP contribution in [0.5, 0.6) is 0 Å². The number of carbonyl (C=O) groups is 1. The summed E-state index contributed by atoms with van der Waals surface area (Å²) in [6.45, 7) is 0. The molecule has 1 fully saturated rings. The molecule has 29 heavy (non-hydrogen) atoms. The van der Waals surface area contributed by atoms with Crippen LogP contribution in [-0.4, -0.2) is 28.9 Å². The van der Waals surface area contributed by atoms with E-state index in [1.54, 1.807) is 0 Å². The predicted molar refractivity (Wildman–Crippen MR) is 115 cm³/mol. The third kappa shape index (κ3) is 4.58. The molecular weight excluding hydrogens is 360 g/mol. The van der Waals surface area contributed by atoms with Gasteiger partial charge in [-0.1, -0.05) is 79.9 Å². The molecule has 0 bridgehead atoms. The Balaban J connectivity index is 1.52. The zero-order valence-electron chi connectivity index (χ0n) is 17.0. The van der Waals surface area contributed by atoms with Crippen molar-refractivity contribution < 1.29 is 9.21 Å². The van der Waals surface area contributed by atoms with Crippen LogP contribution >= 0.6 is 0 Å². The molecule has 0 spiro atoms. The van der Waals surface area contributed by atoms with E-state index in [-0.39, 0.29) is 5.91 Å². The van der Waals surface area contributed by atoms with E-state index in [9.17, 15) is 4.79 Å². The van der Waals surface area contributed by atoms with Gasteiger partial charge in [-0.15, -0.1) is 0 Å². The quantitative estimate of drug-likeness (QED) is 0.541. The zero-order valence-corrected chi connectivity index (χ0v) is 17.0. The van der Waals surface area contributed by atoms with Crippen molar-refractivity contribution in [2.45, 2.75) is 51.0 Å². The van der Waals surface area contributed by atoms with Crippen molar-refractivity contribution >= 4 is 5.91 Å². The normalized spacial score (nSPS) is 14.7. The Kier molecular flexibility index (Phi) is 6.09. The SMILES string of the molecule is CN(C(=O)CCc1nc(-c2ccccc2)c(-c2ccccc2)o1)C1CCCCC1.